The molecule has 0 aromatic heterocycles. The van der Waals surface area contributed by atoms with E-state index in [0.717, 1.165) is 47.9 Å². The van der Waals surface area contributed by atoms with Crippen LogP contribution in [0.2, 0.25) is 0 Å². The molecule has 0 heterocycles. The summed E-state index contributed by atoms with van der Waals surface area (Å²) in [4.78, 5) is 13.5. The van der Waals surface area contributed by atoms with E-state index in [1.165, 1.54) is 6.42 Å². The Morgan fingerprint density at radius 1 is 0.889 bits per heavy atom. The molecular formula is C24H24O3. The summed E-state index contributed by atoms with van der Waals surface area (Å²) in [6, 6.07) is 16.5. The summed E-state index contributed by atoms with van der Waals surface area (Å²) >= 11 is 0. The molecule has 0 spiro atoms. The molecule has 27 heavy (non-hydrogen) atoms. The lowest BCUT2D eigenvalue weighted by molar-refractivity contribution is -0.198. The Bertz CT molecular complexity index is 887. The first-order valence-corrected chi connectivity index (χ1v) is 10.2. The van der Waals surface area contributed by atoms with Crippen molar-refractivity contribution in [2.75, 3.05) is 0 Å². The number of carbonyl (C=O) groups is 1. The first kappa shape index (κ1) is 15.9. The van der Waals surface area contributed by atoms with Gasteiger partial charge in [-0.05, 0) is 61.5 Å². The van der Waals surface area contributed by atoms with Crippen LogP contribution in [0.3, 0.4) is 0 Å². The van der Waals surface area contributed by atoms with Crippen LogP contribution in [0.4, 0.5) is 0 Å². The summed E-state index contributed by atoms with van der Waals surface area (Å²) in [7, 11) is 0. The van der Waals surface area contributed by atoms with E-state index in [2.05, 4.69) is 24.3 Å². The highest BCUT2D eigenvalue weighted by atomic mass is 16.5. The van der Waals surface area contributed by atoms with Gasteiger partial charge >= 0.3 is 5.97 Å². The van der Waals surface area contributed by atoms with Gasteiger partial charge in [0.25, 0.3) is 0 Å². The van der Waals surface area contributed by atoms with E-state index in [0.29, 0.717) is 18.3 Å². The van der Waals surface area contributed by atoms with Gasteiger partial charge in [-0.1, -0.05) is 48.5 Å². The van der Waals surface area contributed by atoms with Crippen LogP contribution in [0, 0.1) is 17.3 Å². The van der Waals surface area contributed by atoms with Crippen molar-refractivity contribution >= 4 is 5.97 Å². The van der Waals surface area contributed by atoms with E-state index in [-0.39, 0.29) is 12.1 Å². The maximum absolute atomic E-state index is 13.5. The molecule has 5 aliphatic carbocycles. The number of hydrogen-bond donors (Lipinski definition) is 1. The number of ether oxygens (including phenoxy) is 1. The second kappa shape index (κ2) is 5.23. The molecule has 0 aliphatic heterocycles. The summed E-state index contributed by atoms with van der Waals surface area (Å²) in [6.45, 7) is 0. The van der Waals surface area contributed by atoms with Crippen molar-refractivity contribution in [1.29, 1.82) is 0 Å². The summed E-state index contributed by atoms with van der Waals surface area (Å²) in [5, 5.41) is 11.0. The van der Waals surface area contributed by atoms with E-state index < -0.39 is 11.0 Å². The SMILES string of the molecule is O=C(OC1c2ccccc2-c2ccccc21)C12CC3CC(CC(O)(C3)C1)C2. The Morgan fingerprint density at radius 2 is 1.44 bits per heavy atom. The third kappa shape index (κ3) is 2.21. The van der Waals surface area contributed by atoms with E-state index in [1.807, 2.05) is 24.3 Å². The van der Waals surface area contributed by atoms with Crippen molar-refractivity contribution in [2.45, 2.75) is 50.2 Å². The normalized spacial score (nSPS) is 35.7. The van der Waals surface area contributed by atoms with Crippen LogP contribution in [0.5, 0.6) is 0 Å². The van der Waals surface area contributed by atoms with Gasteiger partial charge in [0.1, 0.15) is 0 Å². The standard InChI is InChI=1S/C24H24O3/c25-22(23-10-15-9-16(11-23)13-24(26,12-15)14-23)27-21-19-7-3-1-5-17(19)18-6-2-4-8-20(18)21/h1-8,15-16,21,26H,9-14H2. The second-order valence-electron chi connectivity index (χ2n) is 9.43. The lowest BCUT2D eigenvalue weighted by Crippen LogP contribution is -2.58. The Morgan fingerprint density at radius 3 is 2.00 bits per heavy atom. The molecule has 4 saturated carbocycles. The third-order valence-corrected chi connectivity index (χ3v) is 7.46. The van der Waals surface area contributed by atoms with E-state index in [4.69, 9.17) is 4.74 Å². The van der Waals surface area contributed by atoms with Gasteiger partial charge in [-0.25, -0.2) is 0 Å². The maximum atomic E-state index is 13.5. The van der Waals surface area contributed by atoms with Crippen molar-refractivity contribution in [1.82, 2.24) is 0 Å². The lowest BCUT2D eigenvalue weighted by Gasteiger charge is -2.58. The minimum Gasteiger partial charge on any atom is -0.452 e. The predicted molar refractivity (Wildman–Crippen MR) is 102 cm³/mol. The zero-order valence-corrected chi connectivity index (χ0v) is 15.4. The fourth-order valence-corrected chi connectivity index (χ4v) is 6.92. The van der Waals surface area contributed by atoms with Gasteiger partial charge in [0, 0.05) is 11.1 Å². The van der Waals surface area contributed by atoms with Gasteiger partial charge < -0.3 is 9.84 Å². The number of aliphatic hydroxyl groups is 1. The Balaban J connectivity index is 1.36. The molecule has 4 bridgehead atoms. The molecule has 2 aromatic carbocycles. The highest BCUT2D eigenvalue weighted by Gasteiger charge is 2.61. The van der Waals surface area contributed by atoms with Crippen molar-refractivity contribution < 1.29 is 14.6 Å². The molecule has 2 unspecified atom stereocenters. The fraction of sp³-hybridized carbons (Fsp3) is 0.458. The molecule has 7 rings (SSSR count). The number of fused-ring (bicyclic) bond motifs is 3. The van der Waals surface area contributed by atoms with Crippen molar-refractivity contribution in [3.05, 3.63) is 59.7 Å². The Kier molecular flexibility index (Phi) is 3.08. The molecule has 1 N–H and O–H groups in total. The Hall–Kier alpha value is -2.13. The smallest absolute Gasteiger partial charge is 0.313 e. The third-order valence-electron chi connectivity index (χ3n) is 7.46. The van der Waals surface area contributed by atoms with Crippen LogP contribution in [0.25, 0.3) is 11.1 Å². The quantitative estimate of drug-likeness (QED) is 0.794. The van der Waals surface area contributed by atoms with Gasteiger partial charge in [-0.3, -0.25) is 4.79 Å². The van der Waals surface area contributed by atoms with Gasteiger partial charge in [0.2, 0.25) is 0 Å². The average molecular weight is 360 g/mol. The first-order chi connectivity index (χ1) is 13.1. The summed E-state index contributed by atoms with van der Waals surface area (Å²) < 4.78 is 6.24. The molecule has 0 amide bonds. The number of carbonyl (C=O) groups excluding carboxylic acids is 1. The largest absolute Gasteiger partial charge is 0.452 e. The van der Waals surface area contributed by atoms with E-state index in [1.54, 1.807) is 0 Å². The molecule has 2 atom stereocenters. The zero-order valence-electron chi connectivity index (χ0n) is 15.4. The van der Waals surface area contributed by atoms with Crippen molar-refractivity contribution in [2.24, 2.45) is 17.3 Å². The minimum absolute atomic E-state index is 0.0912. The molecule has 0 saturated heterocycles. The highest BCUT2D eigenvalue weighted by Crippen LogP contribution is 2.62. The number of rotatable bonds is 2. The van der Waals surface area contributed by atoms with E-state index >= 15 is 0 Å². The average Bonchev–Trinajstić information content (AvgIpc) is 2.94. The second-order valence-corrected chi connectivity index (χ2v) is 9.43. The topological polar surface area (TPSA) is 46.5 Å². The molecular weight excluding hydrogens is 336 g/mol. The number of esters is 1. The van der Waals surface area contributed by atoms with Crippen LogP contribution in [0.1, 0.15) is 55.8 Å². The highest BCUT2D eigenvalue weighted by molar-refractivity contribution is 5.82. The monoisotopic (exact) mass is 360 g/mol. The summed E-state index contributed by atoms with van der Waals surface area (Å²) in [6.07, 6.45) is 4.95. The van der Waals surface area contributed by atoms with Crippen molar-refractivity contribution in [3.8, 4) is 11.1 Å². The molecule has 138 valence electrons. The van der Waals surface area contributed by atoms with Gasteiger partial charge in [-0.15, -0.1) is 0 Å². The summed E-state index contributed by atoms with van der Waals surface area (Å²) in [5.74, 6) is 0.866. The van der Waals surface area contributed by atoms with Crippen LogP contribution < -0.4 is 0 Å². The van der Waals surface area contributed by atoms with Crippen LogP contribution in [0.15, 0.2) is 48.5 Å². The predicted octanol–water partition coefficient (Wildman–Crippen LogP) is 4.63. The molecule has 3 nitrogen and oxygen atoms in total. The minimum atomic E-state index is -0.644. The lowest BCUT2D eigenvalue weighted by atomic mass is 9.48. The molecule has 5 aliphatic rings. The molecule has 3 heteroatoms. The van der Waals surface area contributed by atoms with Gasteiger partial charge in [0.15, 0.2) is 6.10 Å². The van der Waals surface area contributed by atoms with Crippen LogP contribution in [-0.4, -0.2) is 16.7 Å². The summed E-state index contributed by atoms with van der Waals surface area (Å²) in [5.41, 5.74) is 3.36. The maximum Gasteiger partial charge on any atom is 0.313 e. The first-order valence-electron chi connectivity index (χ1n) is 10.2. The molecule has 4 fully saturated rings. The Labute approximate surface area is 159 Å². The fourth-order valence-electron chi connectivity index (χ4n) is 6.92. The molecule has 2 aromatic rings. The van der Waals surface area contributed by atoms with Gasteiger partial charge in [0.05, 0.1) is 11.0 Å². The zero-order chi connectivity index (χ0) is 18.2. The van der Waals surface area contributed by atoms with E-state index in [9.17, 15) is 9.90 Å². The van der Waals surface area contributed by atoms with Crippen LogP contribution in [-0.2, 0) is 9.53 Å². The van der Waals surface area contributed by atoms with Crippen molar-refractivity contribution in [3.63, 3.8) is 0 Å². The van der Waals surface area contributed by atoms with Gasteiger partial charge in [-0.2, -0.15) is 0 Å². The molecule has 0 radical (unpaired) electrons. The number of benzene rings is 2. The van der Waals surface area contributed by atoms with Crippen LogP contribution >= 0.6 is 0 Å². The number of hydrogen-bond acceptors (Lipinski definition) is 3.